The van der Waals surface area contributed by atoms with Gasteiger partial charge < -0.3 is 0 Å². The second kappa shape index (κ2) is 10.0. The van der Waals surface area contributed by atoms with Crippen molar-refractivity contribution in [3.05, 3.63) is 114 Å². The van der Waals surface area contributed by atoms with Crippen molar-refractivity contribution in [3.8, 4) is 22.3 Å². The number of benzene rings is 4. The van der Waals surface area contributed by atoms with Gasteiger partial charge in [-0.05, 0) is 89.9 Å². The second-order valence-electron chi connectivity index (χ2n) is 17.4. The van der Waals surface area contributed by atoms with Gasteiger partial charge in [-0.2, -0.15) is 0 Å². The molecule has 4 aromatic carbocycles. The number of carbonyl (C=O) groups excluding carboxylic acids is 1. The van der Waals surface area contributed by atoms with Crippen LogP contribution in [0.25, 0.3) is 22.3 Å². The number of rotatable bonds is 0. The van der Waals surface area contributed by atoms with E-state index in [-0.39, 0.29) is 27.4 Å². The zero-order valence-electron chi connectivity index (χ0n) is 28.9. The predicted molar refractivity (Wildman–Crippen MR) is 198 cm³/mol. The van der Waals surface area contributed by atoms with Crippen LogP contribution in [0.15, 0.2) is 69.6 Å². The Labute approximate surface area is 287 Å². The van der Waals surface area contributed by atoms with Crippen LogP contribution < -0.4 is 0 Å². The standard InChI is InChI=1S/C42H46Br2O/c1-38(2,3)23-13-15-27-30(18-23)42(37(45)29-17-25(40(7,8)9)21-33(43)35(27)29)31-19-24(39(4,5)6)14-16-28(31)36-32(42)20-26(22-34(36)44)41(10,11)12/h13-22H,1-12H3/t42-/m1/s1. The fourth-order valence-corrected chi connectivity index (χ4v) is 8.53. The molecular formula is C42H46Br2O. The number of Topliss-reactive ketones (excluding diaryl/α,β-unsaturated/α-hetero) is 1. The number of carbonyl (C=O) groups is 1. The lowest BCUT2D eigenvalue weighted by Gasteiger charge is -2.40. The van der Waals surface area contributed by atoms with E-state index >= 15 is 4.79 Å². The van der Waals surface area contributed by atoms with Crippen LogP contribution in [0.4, 0.5) is 0 Å². The molecule has 1 atom stereocenters. The quantitative estimate of drug-likeness (QED) is 0.176. The van der Waals surface area contributed by atoms with Gasteiger partial charge in [0.25, 0.3) is 0 Å². The first-order valence-electron chi connectivity index (χ1n) is 16.1. The predicted octanol–water partition coefficient (Wildman–Crippen LogP) is 12.6. The molecular weight excluding hydrogens is 680 g/mol. The van der Waals surface area contributed by atoms with Crippen LogP contribution in [0.2, 0.25) is 0 Å². The van der Waals surface area contributed by atoms with Gasteiger partial charge in [-0.1, -0.05) is 157 Å². The summed E-state index contributed by atoms with van der Waals surface area (Å²) in [5.41, 5.74) is 11.9. The van der Waals surface area contributed by atoms with Gasteiger partial charge in [-0.3, -0.25) is 4.79 Å². The highest BCUT2D eigenvalue weighted by Crippen LogP contribution is 2.62. The summed E-state index contributed by atoms with van der Waals surface area (Å²) >= 11 is 8.01. The molecule has 2 aliphatic rings. The first kappa shape index (κ1) is 32.5. The van der Waals surface area contributed by atoms with E-state index in [1.807, 2.05) is 0 Å². The summed E-state index contributed by atoms with van der Waals surface area (Å²) < 4.78 is 2.02. The van der Waals surface area contributed by atoms with Crippen molar-refractivity contribution >= 4 is 37.6 Å². The molecule has 6 rings (SSSR count). The Hall–Kier alpha value is -2.49. The molecule has 234 valence electrons. The minimum absolute atomic E-state index is 0.0764. The van der Waals surface area contributed by atoms with Gasteiger partial charge in [0.05, 0.1) is 0 Å². The number of fused-ring (bicyclic) bond motifs is 9. The van der Waals surface area contributed by atoms with E-state index < -0.39 is 5.41 Å². The molecule has 3 heteroatoms. The van der Waals surface area contributed by atoms with Gasteiger partial charge in [-0.25, -0.2) is 0 Å². The van der Waals surface area contributed by atoms with E-state index in [1.165, 1.54) is 16.7 Å². The summed E-state index contributed by atoms with van der Waals surface area (Å²) in [6.45, 7) is 27.0. The number of hydrogen-bond donors (Lipinski definition) is 0. The second-order valence-corrected chi connectivity index (χ2v) is 19.1. The Bertz CT molecular complexity index is 1910. The van der Waals surface area contributed by atoms with Crippen molar-refractivity contribution in [2.24, 2.45) is 0 Å². The summed E-state index contributed by atoms with van der Waals surface area (Å²) in [5.74, 6) is 0.159. The van der Waals surface area contributed by atoms with E-state index in [4.69, 9.17) is 0 Å². The summed E-state index contributed by atoms with van der Waals surface area (Å²) in [4.78, 5) is 15.9. The molecule has 0 aromatic heterocycles. The van der Waals surface area contributed by atoms with Gasteiger partial charge in [0.1, 0.15) is 5.41 Å². The van der Waals surface area contributed by atoms with E-state index in [0.29, 0.717) is 0 Å². The smallest absolute Gasteiger partial charge is 0.182 e. The van der Waals surface area contributed by atoms with Crippen LogP contribution >= 0.6 is 31.9 Å². The zero-order chi connectivity index (χ0) is 33.2. The fourth-order valence-electron chi connectivity index (χ4n) is 7.18. The van der Waals surface area contributed by atoms with Crippen LogP contribution in [0.3, 0.4) is 0 Å². The molecule has 0 radical (unpaired) electrons. The van der Waals surface area contributed by atoms with Crippen LogP contribution in [0, 0.1) is 0 Å². The third kappa shape index (κ3) is 4.86. The Morgan fingerprint density at radius 3 is 1.27 bits per heavy atom. The zero-order valence-corrected chi connectivity index (χ0v) is 32.1. The van der Waals surface area contributed by atoms with Crippen LogP contribution in [0.1, 0.15) is 132 Å². The molecule has 0 N–H and O–H groups in total. The number of halogens is 2. The summed E-state index contributed by atoms with van der Waals surface area (Å²) in [6, 6.07) is 22.8. The highest BCUT2D eigenvalue weighted by atomic mass is 79.9. The molecule has 45 heavy (non-hydrogen) atoms. The molecule has 0 unspecified atom stereocenters. The Morgan fingerprint density at radius 2 is 0.822 bits per heavy atom. The molecule has 2 aliphatic carbocycles. The summed E-state index contributed by atoms with van der Waals surface area (Å²) in [5, 5.41) is 0. The van der Waals surface area contributed by atoms with E-state index in [2.05, 4.69) is 176 Å². The first-order chi connectivity index (χ1) is 20.6. The van der Waals surface area contributed by atoms with Crippen LogP contribution in [-0.4, -0.2) is 5.78 Å². The largest absolute Gasteiger partial charge is 0.292 e. The van der Waals surface area contributed by atoms with Crippen molar-refractivity contribution in [1.82, 2.24) is 0 Å². The highest BCUT2D eigenvalue weighted by Gasteiger charge is 2.56. The topological polar surface area (TPSA) is 17.1 Å². The summed E-state index contributed by atoms with van der Waals surface area (Å²) in [6.07, 6.45) is 0. The first-order valence-corrected chi connectivity index (χ1v) is 17.7. The third-order valence-electron chi connectivity index (χ3n) is 10.0. The number of ketones is 1. The molecule has 0 fully saturated rings. The number of hydrogen-bond acceptors (Lipinski definition) is 1. The molecule has 0 saturated carbocycles. The molecule has 1 spiro atoms. The maximum Gasteiger partial charge on any atom is 0.182 e. The molecule has 0 aliphatic heterocycles. The molecule has 0 bridgehead atoms. The lowest BCUT2D eigenvalue weighted by molar-refractivity contribution is 0.0935. The minimum atomic E-state index is -0.991. The normalized spacial score (nSPS) is 17.7. The van der Waals surface area contributed by atoms with Crippen LogP contribution in [-0.2, 0) is 27.1 Å². The summed E-state index contributed by atoms with van der Waals surface area (Å²) in [7, 11) is 0. The average Bonchev–Trinajstić information content (AvgIpc) is 3.20. The molecule has 1 nitrogen and oxygen atoms in total. The molecule has 0 amide bonds. The highest BCUT2D eigenvalue weighted by molar-refractivity contribution is 9.11. The maximum atomic E-state index is 15.9. The maximum absolute atomic E-state index is 15.9. The van der Waals surface area contributed by atoms with E-state index in [9.17, 15) is 0 Å². The third-order valence-corrected chi connectivity index (χ3v) is 11.3. The molecule has 4 aromatic rings. The van der Waals surface area contributed by atoms with E-state index in [1.54, 1.807) is 0 Å². The monoisotopic (exact) mass is 724 g/mol. The van der Waals surface area contributed by atoms with Crippen molar-refractivity contribution in [3.63, 3.8) is 0 Å². The Kier molecular flexibility index (Phi) is 7.22. The Morgan fingerprint density at radius 1 is 0.444 bits per heavy atom. The molecule has 0 saturated heterocycles. The van der Waals surface area contributed by atoms with Gasteiger partial charge in [0, 0.05) is 25.6 Å². The van der Waals surface area contributed by atoms with E-state index in [0.717, 1.165) is 59.0 Å². The minimum Gasteiger partial charge on any atom is -0.292 e. The van der Waals surface area contributed by atoms with Crippen LogP contribution in [0.5, 0.6) is 0 Å². The van der Waals surface area contributed by atoms with Crippen molar-refractivity contribution in [2.45, 2.75) is 110 Å². The SMILES string of the molecule is CC(C)(C)c1cc(Br)c2c(c1)C(=O)[C@]1(c3cc(C(C)(C)C)ccc3-2)c2cc(C(C)(C)C)ccc2-c2c(Br)cc(C(C)(C)C)cc21. The fraction of sp³-hybridized carbons (Fsp3) is 0.405. The van der Waals surface area contributed by atoms with Crippen molar-refractivity contribution in [1.29, 1.82) is 0 Å². The van der Waals surface area contributed by atoms with Gasteiger partial charge in [0.15, 0.2) is 5.78 Å². The van der Waals surface area contributed by atoms with Gasteiger partial charge in [0.2, 0.25) is 0 Å². The molecule has 0 heterocycles. The van der Waals surface area contributed by atoms with Gasteiger partial charge >= 0.3 is 0 Å². The average molecular weight is 727 g/mol. The Balaban J connectivity index is 1.87. The lowest BCUT2D eigenvalue weighted by Crippen LogP contribution is -2.41. The van der Waals surface area contributed by atoms with Gasteiger partial charge in [-0.15, -0.1) is 0 Å². The van der Waals surface area contributed by atoms with Crippen molar-refractivity contribution in [2.75, 3.05) is 0 Å². The van der Waals surface area contributed by atoms with Crippen molar-refractivity contribution < 1.29 is 4.79 Å². The lowest BCUT2D eigenvalue weighted by atomic mass is 9.60.